The zero-order valence-corrected chi connectivity index (χ0v) is 10.3. The lowest BCUT2D eigenvalue weighted by Crippen LogP contribution is -2.22. The first-order valence-electron chi connectivity index (χ1n) is 5.98. The van der Waals surface area contributed by atoms with Crippen LogP contribution in [0.3, 0.4) is 0 Å². The van der Waals surface area contributed by atoms with E-state index in [1.165, 1.54) is 0 Å². The van der Waals surface area contributed by atoms with Crippen LogP contribution in [0.4, 0.5) is 0 Å². The van der Waals surface area contributed by atoms with E-state index in [0.717, 1.165) is 24.9 Å². The molecule has 0 aromatic carbocycles. The molecule has 3 nitrogen and oxygen atoms in total. The Balaban J connectivity index is 1.94. The van der Waals surface area contributed by atoms with Gasteiger partial charge in [-0.3, -0.25) is 0 Å². The Labute approximate surface area is 97.0 Å². The lowest BCUT2D eigenvalue weighted by atomic mass is 10.1. The maximum absolute atomic E-state index is 9.44. The monoisotopic (exact) mass is 223 g/mol. The van der Waals surface area contributed by atoms with E-state index in [1.54, 1.807) is 6.92 Å². The molecule has 1 aromatic rings. The normalized spacial score (nSPS) is 25.9. The molecule has 3 heteroatoms. The van der Waals surface area contributed by atoms with Gasteiger partial charge >= 0.3 is 0 Å². The van der Waals surface area contributed by atoms with Crippen LogP contribution in [-0.2, 0) is 11.3 Å². The molecule has 0 radical (unpaired) electrons. The van der Waals surface area contributed by atoms with Gasteiger partial charge in [0.2, 0.25) is 0 Å². The Kier molecular flexibility index (Phi) is 3.08. The molecule has 1 aliphatic rings. The summed E-state index contributed by atoms with van der Waals surface area (Å²) in [5, 5.41) is 9.44. The van der Waals surface area contributed by atoms with Crippen LogP contribution in [0.25, 0.3) is 0 Å². The second-order valence-electron chi connectivity index (χ2n) is 5.36. The zero-order chi connectivity index (χ0) is 11.8. The van der Waals surface area contributed by atoms with E-state index in [-0.39, 0.29) is 11.7 Å². The van der Waals surface area contributed by atoms with Gasteiger partial charge < -0.3 is 14.4 Å². The van der Waals surface area contributed by atoms with E-state index in [9.17, 15) is 5.11 Å². The Hall–Kier alpha value is -0.800. The minimum Gasteiger partial charge on any atom is -0.389 e. The molecule has 90 valence electrons. The molecule has 2 atom stereocenters. The first kappa shape index (κ1) is 11.7. The van der Waals surface area contributed by atoms with E-state index in [0.29, 0.717) is 6.10 Å². The van der Waals surface area contributed by atoms with Crippen molar-refractivity contribution < 1.29 is 9.84 Å². The van der Waals surface area contributed by atoms with Gasteiger partial charge in [0, 0.05) is 18.9 Å². The summed E-state index contributed by atoms with van der Waals surface area (Å²) < 4.78 is 8.04. The third-order valence-electron chi connectivity index (χ3n) is 3.22. The zero-order valence-electron chi connectivity index (χ0n) is 10.3. The standard InChI is InChI=1S/C13H21NO2/c1-10(15)11-5-7-14(8-11)9-12-4-6-13(2,3)16-12/h5,7-8,10,12,15H,4,6,9H2,1-3H3. The third kappa shape index (κ3) is 2.66. The maximum Gasteiger partial charge on any atom is 0.0776 e. The summed E-state index contributed by atoms with van der Waals surface area (Å²) in [6, 6.07) is 1.96. The van der Waals surface area contributed by atoms with Crippen molar-refractivity contribution in [1.82, 2.24) is 4.57 Å². The molecule has 2 heterocycles. The Morgan fingerprint density at radius 2 is 2.38 bits per heavy atom. The lowest BCUT2D eigenvalue weighted by Gasteiger charge is -2.19. The van der Waals surface area contributed by atoms with E-state index in [1.807, 2.05) is 18.5 Å². The fraction of sp³-hybridized carbons (Fsp3) is 0.692. The number of aliphatic hydroxyl groups excluding tert-OH is 1. The predicted molar refractivity (Wildman–Crippen MR) is 63.3 cm³/mol. The van der Waals surface area contributed by atoms with Crippen LogP contribution in [-0.4, -0.2) is 21.4 Å². The molecular weight excluding hydrogens is 202 g/mol. The summed E-state index contributed by atoms with van der Waals surface area (Å²) in [6.45, 7) is 6.96. The largest absolute Gasteiger partial charge is 0.389 e. The van der Waals surface area contributed by atoms with E-state index in [4.69, 9.17) is 4.74 Å². The SMILES string of the molecule is CC(O)c1ccn(CC2CCC(C)(C)O2)c1. The van der Waals surface area contributed by atoms with Gasteiger partial charge in [0.1, 0.15) is 0 Å². The van der Waals surface area contributed by atoms with Gasteiger partial charge in [-0.25, -0.2) is 0 Å². The summed E-state index contributed by atoms with van der Waals surface area (Å²) in [5.74, 6) is 0. The van der Waals surface area contributed by atoms with Crippen LogP contribution < -0.4 is 0 Å². The number of nitrogens with zero attached hydrogens (tertiary/aromatic N) is 1. The van der Waals surface area contributed by atoms with Crippen LogP contribution in [0.1, 0.15) is 45.3 Å². The second kappa shape index (κ2) is 4.22. The fourth-order valence-corrected chi connectivity index (χ4v) is 2.26. The number of aromatic nitrogens is 1. The van der Waals surface area contributed by atoms with E-state index < -0.39 is 0 Å². The number of hydrogen-bond acceptors (Lipinski definition) is 2. The molecule has 0 saturated carbocycles. The van der Waals surface area contributed by atoms with Crippen molar-refractivity contribution in [3.8, 4) is 0 Å². The summed E-state index contributed by atoms with van der Waals surface area (Å²) >= 11 is 0. The molecule has 1 fully saturated rings. The molecule has 0 aliphatic carbocycles. The fourth-order valence-electron chi connectivity index (χ4n) is 2.26. The Morgan fingerprint density at radius 1 is 1.62 bits per heavy atom. The molecule has 1 saturated heterocycles. The number of hydrogen-bond donors (Lipinski definition) is 1. The summed E-state index contributed by atoms with van der Waals surface area (Å²) in [7, 11) is 0. The van der Waals surface area contributed by atoms with Gasteiger partial charge in [-0.05, 0) is 45.2 Å². The number of ether oxygens (including phenoxy) is 1. The molecule has 2 unspecified atom stereocenters. The van der Waals surface area contributed by atoms with Gasteiger partial charge in [0.05, 0.1) is 17.8 Å². The minimum absolute atomic E-state index is 0.0327. The number of rotatable bonds is 3. The highest BCUT2D eigenvalue weighted by Gasteiger charge is 2.31. The highest BCUT2D eigenvalue weighted by molar-refractivity contribution is 5.12. The molecule has 1 aromatic heterocycles. The van der Waals surface area contributed by atoms with Crippen LogP contribution in [0, 0.1) is 0 Å². The van der Waals surface area contributed by atoms with Gasteiger partial charge in [0.25, 0.3) is 0 Å². The van der Waals surface area contributed by atoms with E-state index in [2.05, 4.69) is 18.4 Å². The molecule has 16 heavy (non-hydrogen) atoms. The molecule has 0 amide bonds. The third-order valence-corrected chi connectivity index (χ3v) is 3.22. The first-order valence-corrected chi connectivity index (χ1v) is 5.98. The molecule has 0 bridgehead atoms. The van der Waals surface area contributed by atoms with Crippen molar-refractivity contribution in [2.75, 3.05) is 0 Å². The molecule has 0 spiro atoms. The average molecular weight is 223 g/mol. The lowest BCUT2D eigenvalue weighted by molar-refractivity contribution is -0.0216. The van der Waals surface area contributed by atoms with Crippen molar-refractivity contribution in [2.24, 2.45) is 0 Å². The molecule has 1 aliphatic heterocycles. The van der Waals surface area contributed by atoms with Gasteiger partial charge in [-0.2, -0.15) is 0 Å². The van der Waals surface area contributed by atoms with Crippen LogP contribution in [0.2, 0.25) is 0 Å². The van der Waals surface area contributed by atoms with Crippen LogP contribution in [0.15, 0.2) is 18.5 Å². The summed E-state index contributed by atoms with van der Waals surface area (Å²) in [5.41, 5.74) is 1.00. The molecular formula is C13H21NO2. The summed E-state index contributed by atoms with van der Waals surface area (Å²) in [4.78, 5) is 0. The van der Waals surface area contributed by atoms with E-state index >= 15 is 0 Å². The predicted octanol–water partition coefficient (Wildman–Crippen LogP) is 2.50. The minimum atomic E-state index is -0.387. The van der Waals surface area contributed by atoms with Crippen molar-refractivity contribution >= 4 is 0 Å². The number of aliphatic hydroxyl groups is 1. The first-order chi connectivity index (χ1) is 7.46. The van der Waals surface area contributed by atoms with Gasteiger partial charge in [0.15, 0.2) is 0 Å². The van der Waals surface area contributed by atoms with Gasteiger partial charge in [-0.15, -0.1) is 0 Å². The maximum atomic E-state index is 9.44. The molecule has 1 N–H and O–H groups in total. The highest BCUT2D eigenvalue weighted by atomic mass is 16.5. The summed E-state index contributed by atoms with van der Waals surface area (Å²) in [6.07, 6.45) is 6.18. The Bertz CT molecular complexity index is 355. The van der Waals surface area contributed by atoms with Crippen molar-refractivity contribution in [1.29, 1.82) is 0 Å². The van der Waals surface area contributed by atoms with Crippen molar-refractivity contribution in [2.45, 2.75) is 58.0 Å². The quantitative estimate of drug-likeness (QED) is 0.854. The van der Waals surface area contributed by atoms with Crippen molar-refractivity contribution in [3.63, 3.8) is 0 Å². The average Bonchev–Trinajstić information content (AvgIpc) is 2.73. The Morgan fingerprint density at radius 3 is 2.88 bits per heavy atom. The topological polar surface area (TPSA) is 34.4 Å². The second-order valence-corrected chi connectivity index (χ2v) is 5.36. The highest BCUT2D eigenvalue weighted by Crippen LogP contribution is 2.30. The van der Waals surface area contributed by atoms with Crippen LogP contribution >= 0.6 is 0 Å². The van der Waals surface area contributed by atoms with Crippen LogP contribution in [0.5, 0.6) is 0 Å². The smallest absolute Gasteiger partial charge is 0.0776 e. The van der Waals surface area contributed by atoms with Crippen molar-refractivity contribution in [3.05, 3.63) is 24.0 Å². The van der Waals surface area contributed by atoms with Gasteiger partial charge in [-0.1, -0.05) is 0 Å². The molecule has 2 rings (SSSR count).